The minimum Gasteiger partial charge on any atom is -0.239 e. The van der Waals surface area contributed by atoms with Gasteiger partial charge >= 0.3 is 0 Å². The van der Waals surface area contributed by atoms with Crippen molar-refractivity contribution in [3.8, 4) is 0 Å². The lowest BCUT2D eigenvalue weighted by Crippen LogP contribution is -1.97. The molecule has 0 aliphatic carbocycles. The molecular formula is C7H4BrClF2IN. The van der Waals surface area contributed by atoms with Crippen LogP contribution in [0.1, 0.15) is 17.7 Å². The summed E-state index contributed by atoms with van der Waals surface area (Å²) in [4.78, 5) is 3.68. The van der Waals surface area contributed by atoms with Crippen LogP contribution >= 0.6 is 50.1 Å². The highest BCUT2D eigenvalue weighted by Gasteiger charge is 2.14. The summed E-state index contributed by atoms with van der Waals surface area (Å²) in [5.41, 5.74) is 0.419. The Morgan fingerprint density at radius 2 is 2.23 bits per heavy atom. The van der Waals surface area contributed by atoms with Crippen LogP contribution in [0.4, 0.5) is 8.78 Å². The molecule has 0 N–H and O–H groups in total. The maximum atomic E-state index is 12.3. The molecule has 72 valence electrons. The van der Waals surface area contributed by atoms with E-state index < -0.39 is 6.43 Å². The molecular weight excluding hydrogens is 378 g/mol. The van der Waals surface area contributed by atoms with Crippen molar-refractivity contribution in [2.24, 2.45) is 0 Å². The SMILES string of the molecule is FC(F)c1cc(CCl)c(I)c(Br)n1. The minimum atomic E-state index is -2.56. The molecule has 6 heteroatoms. The zero-order chi connectivity index (χ0) is 10.0. The van der Waals surface area contributed by atoms with Gasteiger partial charge in [-0.25, -0.2) is 13.8 Å². The Morgan fingerprint density at radius 3 is 2.69 bits per heavy atom. The van der Waals surface area contributed by atoms with Crippen LogP contribution in [0.5, 0.6) is 0 Å². The van der Waals surface area contributed by atoms with E-state index in [-0.39, 0.29) is 11.6 Å². The topological polar surface area (TPSA) is 12.9 Å². The van der Waals surface area contributed by atoms with Crippen molar-refractivity contribution in [2.45, 2.75) is 12.3 Å². The summed E-state index contributed by atoms with van der Waals surface area (Å²) < 4.78 is 25.7. The molecule has 0 bridgehead atoms. The molecule has 0 amide bonds. The van der Waals surface area contributed by atoms with Crippen molar-refractivity contribution >= 4 is 50.1 Å². The summed E-state index contributed by atoms with van der Waals surface area (Å²) in [6.07, 6.45) is -2.56. The lowest BCUT2D eigenvalue weighted by molar-refractivity contribution is 0.145. The van der Waals surface area contributed by atoms with Gasteiger partial charge < -0.3 is 0 Å². The first-order chi connectivity index (χ1) is 6.06. The fourth-order valence-electron chi connectivity index (χ4n) is 0.778. The summed E-state index contributed by atoms with van der Waals surface area (Å²) in [6.45, 7) is 0. The monoisotopic (exact) mass is 381 g/mol. The Kier molecular flexibility index (Phi) is 4.31. The van der Waals surface area contributed by atoms with E-state index in [0.29, 0.717) is 10.2 Å². The normalized spacial score (nSPS) is 10.9. The summed E-state index contributed by atoms with van der Waals surface area (Å²) >= 11 is 10.7. The van der Waals surface area contributed by atoms with Crippen molar-refractivity contribution in [1.82, 2.24) is 4.98 Å². The van der Waals surface area contributed by atoms with Crippen molar-refractivity contribution in [3.63, 3.8) is 0 Å². The largest absolute Gasteiger partial charge is 0.280 e. The van der Waals surface area contributed by atoms with Crippen molar-refractivity contribution < 1.29 is 8.78 Å². The van der Waals surface area contributed by atoms with E-state index >= 15 is 0 Å². The Balaban J connectivity index is 3.22. The molecule has 13 heavy (non-hydrogen) atoms. The summed E-state index contributed by atoms with van der Waals surface area (Å²) in [5.74, 6) is 0.207. The quantitative estimate of drug-likeness (QED) is 0.426. The van der Waals surface area contributed by atoms with E-state index in [1.54, 1.807) is 0 Å². The molecule has 1 rings (SSSR count). The summed E-state index contributed by atoms with van der Waals surface area (Å²) in [5, 5.41) is 0. The number of rotatable bonds is 2. The second-order valence-corrected chi connectivity index (χ2v) is 4.34. The van der Waals surface area contributed by atoms with Crippen LogP contribution in [0.3, 0.4) is 0 Å². The van der Waals surface area contributed by atoms with Gasteiger partial charge in [0.2, 0.25) is 0 Å². The molecule has 1 heterocycles. The van der Waals surface area contributed by atoms with E-state index in [1.807, 2.05) is 22.6 Å². The number of hydrogen-bond donors (Lipinski definition) is 0. The Bertz CT molecular complexity index is 322. The minimum absolute atomic E-state index is 0.207. The summed E-state index contributed by atoms with van der Waals surface area (Å²) in [7, 11) is 0. The van der Waals surface area contributed by atoms with Crippen LogP contribution in [-0.4, -0.2) is 4.98 Å². The number of hydrogen-bond acceptors (Lipinski definition) is 1. The first kappa shape index (κ1) is 11.6. The van der Waals surface area contributed by atoms with Crippen LogP contribution in [0, 0.1) is 3.57 Å². The van der Waals surface area contributed by atoms with Gasteiger partial charge in [0.1, 0.15) is 10.3 Å². The van der Waals surface area contributed by atoms with Crippen LogP contribution in [0.25, 0.3) is 0 Å². The van der Waals surface area contributed by atoms with Crippen LogP contribution in [0.2, 0.25) is 0 Å². The first-order valence-corrected chi connectivity index (χ1v) is 5.65. The molecule has 1 nitrogen and oxygen atoms in total. The fourth-order valence-corrected chi connectivity index (χ4v) is 2.14. The Hall–Kier alpha value is 0.510. The Morgan fingerprint density at radius 1 is 1.62 bits per heavy atom. The first-order valence-electron chi connectivity index (χ1n) is 3.25. The standard InChI is InChI=1S/C7H4BrClF2IN/c8-6-5(12)3(2-9)1-4(13-6)7(10)11/h1,7H,2H2. The number of nitrogens with zero attached hydrogens (tertiary/aromatic N) is 1. The van der Waals surface area contributed by atoms with Crippen molar-refractivity contribution in [2.75, 3.05) is 0 Å². The van der Waals surface area contributed by atoms with Gasteiger partial charge in [0.15, 0.2) is 0 Å². The molecule has 0 aliphatic rings. The number of pyridine rings is 1. The zero-order valence-electron chi connectivity index (χ0n) is 6.20. The maximum Gasteiger partial charge on any atom is 0.280 e. The number of aromatic nitrogens is 1. The van der Waals surface area contributed by atoms with Crippen LogP contribution < -0.4 is 0 Å². The predicted octanol–water partition coefficient (Wildman–Crippen LogP) is 4.13. The lowest BCUT2D eigenvalue weighted by Gasteiger charge is -2.05. The average molecular weight is 382 g/mol. The van der Waals surface area contributed by atoms with Crippen molar-refractivity contribution in [3.05, 3.63) is 25.5 Å². The van der Waals surface area contributed by atoms with Crippen LogP contribution in [-0.2, 0) is 5.88 Å². The molecule has 0 saturated carbocycles. The molecule has 0 aromatic carbocycles. The van der Waals surface area contributed by atoms with Crippen LogP contribution in [0.15, 0.2) is 10.7 Å². The zero-order valence-corrected chi connectivity index (χ0v) is 10.7. The van der Waals surface area contributed by atoms with Gasteiger partial charge in [0, 0.05) is 5.88 Å². The molecule has 0 radical (unpaired) electrons. The maximum absolute atomic E-state index is 12.3. The fraction of sp³-hybridized carbons (Fsp3) is 0.286. The molecule has 0 atom stereocenters. The van der Waals surface area contributed by atoms with Gasteiger partial charge in [-0.1, -0.05) is 0 Å². The van der Waals surface area contributed by atoms with Gasteiger partial charge in [-0.2, -0.15) is 0 Å². The third-order valence-corrected chi connectivity index (χ3v) is 4.19. The highest BCUT2D eigenvalue weighted by molar-refractivity contribution is 14.1. The highest BCUT2D eigenvalue weighted by atomic mass is 127. The van der Waals surface area contributed by atoms with Gasteiger partial charge in [0.25, 0.3) is 6.43 Å². The van der Waals surface area contributed by atoms with Gasteiger partial charge in [-0.3, -0.25) is 0 Å². The number of alkyl halides is 3. The average Bonchev–Trinajstić information content (AvgIpc) is 2.09. The smallest absolute Gasteiger partial charge is 0.239 e. The second-order valence-electron chi connectivity index (χ2n) is 2.25. The Labute approximate surface area is 101 Å². The van der Waals surface area contributed by atoms with E-state index in [1.165, 1.54) is 6.07 Å². The van der Waals surface area contributed by atoms with Gasteiger partial charge in [-0.15, -0.1) is 11.6 Å². The van der Waals surface area contributed by atoms with Crippen molar-refractivity contribution in [1.29, 1.82) is 0 Å². The van der Waals surface area contributed by atoms with E-state index in [2.05, 4.69) is 20.9 Å². The number of halogens is 5. The molecule has 0 spiro atoms. The van der Waals surface area contributed by atoms with Gasteiger partial charge in [-0.05, 0) is 50.2 Å². The molecule has 0 fully saturated rings. The third kappa shape index (κ3) is 2.73. The molecule has 0 aliphatic heterocycles. The van der Waals surface area contributed by atoms with E-state index in [0.717, 1.165) is 3.57 Å². The summed E-state index contributed by atoms with van der Waals surface area (Å²) in [6, 6.07) is 1.32. The molecule has 1 aromatic rings. The molecule has 0 unspecified atom stereocenters. The predicted molar refractivity (Wildman–Crippen MR) is 59.2 cm³/mol. The molecule has 1 aromatic heterocycles. The molecule has 0 saturated heterocycles. The second kappa shape index (κ2) is 4.84. The van der Waals surface area contributed by atoms with E-state index in [9.17, 15) is 8.78 Å². The third-order valence-electron chi connectivity index (χ3n) is 1.38. The van der Waals surface area contributed by atoms with E-state index in [4.69, 9.17) is 11.6 Å². The lowest BCUT2D eigenvalue weighted by atomic mass is 10.2. The van der Waals surface area contributed by atoms with Gasteiger partial charge in [0.05, 0.1) is 3.57 Å². The highest BCUT2D eigenvalue weighted by Crippen LogP contribution is 2.27.